The predicted octanol–water partition coefficient (Wildman–Crippen LogP) is 2.22. The molecule has 1 aromatic heterocycles. The maximum absolute atomic E-state index is 11.9. The number of rotatable bonds is 4. The maximum atomic E-state index is 11.9. The van der Waals surface area contributed by atoms with Gasteiger partial charge in [0.2, 0.25) is 5.91 Å². The summed E-state index contributed by atoms with van der Waals surface area (Å²) in [7, 11) is 0. The molecule has 0 aliphatic carbocycles. The molecule has 0 saturated carbocycles. The Morgan fingerprint density at radius 3 is 2.40 bits per heavy atom. The molecule has 1 aromatic carbocycles. The van der Waals surface area contributed by atoms with Crippen molar-refractivity contribution in [2.24, 2.45) is 5.73 Å². The Morgan fingerprint density at radius 1 is 1.25 bits per heavy atom. The van der Waals surface area contributed by atoms with Gasteiger partial charge in [-0.2, -0.15) is 0 Å². The number of thiazole rings is 1. The third-order valence-electron chi connectivity index (χ3n) is 2.70. The van der Waals surface area contributed by atoms with Crippen molar-refractivity contribution in [2.45, 2.75) is 20.5 Å². The van der Waals surface area contributed by atoms with Gasteiger partial charge in [-0.25, -0.2) is 9.78 Å². The molecule has 0 saturated heterocycles. The number of hydrogen-bond acceptors (Lipinski definition) is 5. The van der Waals surface area contributed by atoms with E-state index in [1.165, 1.54) is 11.3 Å². The monoisotopic (exact) mass is 290 g/mol. The van der Waals surface area contributed by atoms with Gasteiger partial charge in [0.25, 0.3) is 0 Å². The summed E-state index contributed by atoms with van der Waals surface area (Å²) in [5.74, 6) is -0.864. The van der Waals surface area contributed by atoms with E-state index in [2.05, 4.69) is 4.98 Å². The molecule has 0 fully saturated rings. The number of aryl methyl sites for hydroxylation is 2. The van der Waals surface area contributed by atoms with Crippen LogP contribution >= 0.6 is 11.3 Å². The highest BCUT2D eigenvalue weighted by atomic mass is 32.1. The van der Waals surface area contributed by atoms with E-state index in [1.54, 1.807) is 31.2 Å². The molecule has 6 heteroatoms. The number of amides is 1. The van der Waals surface area contributed by atoms with Crippen molar-refractivity contribution in [1.82, 2.24) is 4.98 Å². The molecular formula is C14H14N2O3S. The van der Waals surface area contributed by atoms with E-state index in [1.807, 2.05) is 6.92 Å². The van der Waals surface area contributed by atoms with E-state index in [-0.39, 0.29) is 12.6 Å². The third-order valence-corrected chi connectivity index (χ3v) is 3.75. The van der Waals surface area contributed by atoms with Crippen molar-refractivity contribution >= 4 is 23.2 Å². The summed E-state index contributed by atoms with van der Waals surface area (Å²) in [6.07, 6.45) is 0. The Bertz CT molecular complexity index is 647. The van der Waals surface area contributed by atoms with Crippen LogP contribution in [0.15, 0.2) is 24.3 Å². The molecule has 104 valence electrons. The lowest BCUT2D eigenvalue weighted by Gasteiger charge is -2.04. The van der Waals surface area contributed by atoms with Gasteiger partial charge in [0.15, 0.2) is 0 Å². The topological polar surface area (TPSA) is 82.3 Å². The highest BCUT2D eigenvalue weighted by molar-refractivity contribution is 7.13. The summed E-state index contributed by atoms with van der Waals surface area (Å²) in [5.41, 5.74) is 7.05. The number of nitrogens with zero attached hydrogens (tertiary/aromatic N) is 1. The summed E-state index contributed by atoms with van der Waals surface area (Å²) >= 11 is 1.32. The van der Waals surface area contributed by atoms with Gasteiger partial charge in [-0.3, -0.25) is 4.79 Å². The van der Waals surface area contributed by atoms with Crippen LogP contribution in [-0.4, -0.2) is 16.9 Å². The van der Waals surface area contributed by atoms with Crippen LogP contribution < -0.4 is 5.73 Å². The number of nitrogens with two attached hydrogens (primary N) is 1. The second-order valence-corrected chi connectivity index (χ2v) is 5.49. The Hall–Kier alpha value is -2.21. The van der Waals surface area contributed by atoms with Crippen LogP contribution in [0.3, 0.4) is 0 Å². The van der Waals surface area contributed by atoms with E-state index >= 15 is 0 Å². The van der Waals surface area contributed by atoms with Gasteiger partial charge >= 0.3 is 5.97 Å². The van der Waals surface area contributed by atoms with E-state index in [0.717, 1.165) is 10.6 Å². The molecule has 0 atom stereocenters. The molecular weight excluding hydrogens is 276 g/mol. The fourth-order valence-electron chi connectivity index (χ4n) is 1.70. The molecule has 2 aromatic rings. The molecule has 0 bridgehead atoms. The number of esters is 1. The first-order chi connectivity index (χ1) is 9.47. The van der Waals surface area contributed by atoms with Crippen LogP contribution in [0.5, 0.6) is 0 Å². The second kappa shape index (κ2) is 5.83. The molecule has 1 heterocycles. The Morgan fingerprint density at radius 2 is 1.90 bits per heavy atom. The third kappa shape index (κ3) is 3.21. The zero-order chi connectivity index (χ0) is 14.7. The van der Waals surface area contributed by atoms with Crippen LogP contribution in [0, 0.1) is 13.8 Å². The number of carbonyl (C=O) groups is 2. The second-order valence-electron chi connectivity index (χ2n) is 4.28. The van der Waals surface area contributed by atoms with Crippen molar-refractivity contribution < 1.29 is 14.3 Å². The molecule has 0 radical (unpaired) electrons. The summed E-state index contributed by atoms with van der Waals surface area (Å²) < 4.78 is 5.22. The average molecular weight is 290 g/mol. The quantitative estimate of drug-likeness (QED) is 0.875. The summed E-state index contributed by atoms with van der Waals surface area (Å²) in [5, 5.41) is 0.834. The fourth-order valence-corrected chi connectivity index (χ4v) is 2.51. The van der Waals surface area contributed by atoms with Crippen LogP contribution in [-0.2, 0) is 11.3 Å². The maximum Gasteiger partial charge on any atom is 0.350 e. The van der Waals surface area contributed by atoms with Crippen molar-refractivity contribution in [1.29, 1.82) is 0 Å². The summed E-state index contributed by atoms with van der Waals surface area (Å²) in [6, 6.07) is 6.62. The Kier molecular flexibility index (Phi) is 4.14. The number of hydrogen-bond donors (Lipinski definition) is 1. The molecule has 2 N–H and O–H groups in total. The highest BCUT2D eigenvalue weighted by Gasteiger charge is 2.15. The minimum atomic E-state index is -0.482. The standard InChI is InChI=1S/C14H14N2O3S/c1-8-12(20-9(2)16-8)14(18)19-7-10-3-5-11(6-4-10)13(15)17/h3-6H,7H2,1-2H3,(H2,15,17). The molecule has 0 unspecified atom stereocenters. The smallest absolute Gasteiger partial charge is 0.350 e. The van der Waals surface area contributed by atoms with Crippen LogP contribution in [0.1, 0.15) is 36.3 Å². The van der Waals surface area contributed by atoms with Crippen LogP contribution in [0.2, 0.25) is 0 Å². The minimum Gasteiger partial charge on any atom is -0.457 e. The summed E-state index contributed by atoms with van der Waals surface area (Å²) in [4.78, 5) is 27.5. The first kappa shape index (κ1) is 14.2. The number of benzene rings is 1. The largest absolute Gasteiger partial charge is 0.457 e. The van der Waals surface area contributed by atoms with E-state index in [4.69, 9.17) is 10.5 Å². The van der Waals surface area contributed by atoms with E-state index in [0.29, 0.717) is 16.1 Å². The van der Waals surface area contributed by atoms with Crippen molar-refractivity contribution in [2.75, 3.05) is 0 Å². The van der Waals surface area contributed by atoms with Gasteiger partial charge < -0.3 is 10.5 Å². The van der Waals surface area contributed by atoms with E-state index in [9.17, 15) is 9.59 Å². The van der Waals surface area contributed by atoms with Crippen molar-refractivity contribution in [3.05, 3.63) is 51.0 Å². The number of primary amides is 1. The lowest BCUT2D eigenvalue weighted by Crippen LogP contribution is -2.10. The van der Waals surface area contributed by atoms with Gasteiger partial charge in [-0.15, -0.1) is 11.3 Å². The SMILES string of the molecule is Cc1nc(C)c(C(=O)OCc2ccc(C(N)=O)cc2)s1. The zero-order valence-electron chi connectivity index (χ0n) is 11.2. The predicted molar refractivity (Wildman–Crippen MR) is 75.7 cm³/mol. The molecule has 0 aliphatic heterocycles. The zero-order valence-corrected chi connectivity index (χ0v) is 12.0. The lowest BCUT2D eigenvalue weighted by molar-refractivity contribution is 0.0477. The number of aromatic nitrogens is 1. The Labute approximate surface area is 120 Å². The lowest BCUT2D eigenvalue weighted by atomic mass is 10.1. The normalized spacial score (nSPS) is 10.3. The number of ether oxygens (including phenoxy) is 1. The van der Waals surface area contributed by atoms with Gasteiger partial charge in [0.1, 0.15) is 11.5 Å². The van der Waals surface area contributed by atoms with Gasteiger partial charge in [-0.1, -0.05) is 12.1 Å². The molecule has 0 spiro atoms. The van der Waals surface area contributed by atoms with Crippen LogP contribution in [0.4, 0.5) is 0 Å². The Balaban J connectivity index is 2.00. The number of carbonyl (C=O) groups excluding carboxylic acids is 2. The van der Waals surface area contributed by atoms with Gasteiger partial charge in [0, 0.05) is 5.56 Å². The van der Waals surface area contributed by atoms with Gasteiger partial charge in [0.05, 0.1) is 10.7 Å². The molecule has 1 amide bonds. The minimum absolute atomic E-state index is 0.147. The van der Waals surface area contributed by atoms with E-state index < -0.39 is 5.91 Å². The first-order valence-corrected chi connectivity index (χ1v) is 6.79. The van der Waals surface area contributed by atoms with Crippen LogP contribution in [0.25, 0.3) is 0 Å². The van der Waals surface area contributed by atoms with Crippen molar-refractivity contribution in [3.63, 3.8) is 0 Å². The molecule has 5 nitrogen and oxygen atoms in total. The fraction of sp³-hybridized carbons (Fsp3) is 0.214. The molecule has 20 heavy (non-hydrogen) atoms. The van der Waals surface area contributed by atoms with Crippen molar-refractivity contribution in [3.8, 4) is 0 Å². The van der Waals surface area contributed by atoms with Gasteiger partial charge in [-0.05, 0) is 31.5 Å². The molecule has 0 aliphatic rings. The first-order valence-electron chi connectivity index (χ1n) is 5.97. The summed E-state index contributed by atoms with van der Waals surface area (Å²) in [6.45, 7) is 3.77. The molecule has 2 rings (SSSR count). The average Bonchev–Trinajstić information content (AvgIpc) is 2.75. The highest BCUT2D eigenvalue weighted by Crippen LogP contribution is 2.18.